The minimum atomic E-state index is 0.0943. The molecule has 2 aliphatic carbocycles. The second-order valence-electron chi connectivity index (χ2n) is 8.39. The Labute approximate surface area is 186 Å². The van der Waals surface area contributed by atoms with Crippen molar-refractivity contribution in [2.75, 3.05) is 11.9 Å². The van der Waals surface area contributed by atoms with Crippen LogP contribution >= 0.6 is 0 Å². The molecule has 32 heavy (non-hydrogen) atoms. The van der Waals surface area contributed by atoms with Crippen LogP contribution in [0.25, 0.3) is 11.3 Å². The fourth-order valence-corrected chi connectivity index (χ4v) is 3.84. The number of ether oxygens (including phenoxy) is 2. The van der Waals surface area contributed by atoms with Gasteiger partial charge < -0.3 is 20.5 Å². The van der Waals surface area contributed by atoms with Gasteiger partial charge in [-0.1, -0.05) is 6.07 Å². The molecule has 0 saturated heterocycles. The van der Waals surface area contributed by atoms with Crippen LogP contribution in [0, 0.1) is 17.2 Å². The van der Waals surface area contributed by atoms with E-state index in [9.17, 15) is 0 Å². The molecule has 9 nitrogen and oxygen atoms in total. The van der Waals surface area contributed by atoms with Crippen molar-refractivity contribution in [3.8, 4) is 28.8 Å². The number of aromatic nitrogens is 4. The van der Waals surface area contributed by atoms with Gasteiger partial charge in [-0.2, -0.15) is 10.4 Å². The Morgan fingerprint density at radius 2 is 2.00 bits per heavy atom. The van der Waals surface area contributed by atoms with E-state index in [2.05, 4.69) is 25.5 Å². The number of hydrogen-bond acceptors (Lipinski definition) is 8. The van der Waals surface area contributed by atoms with Gasteiger partial charge in [-0.3, -0.25) is 5.10 Å². The minimum absolute atomic E-state index is 0.0943. The summed E-state index contributed by atoms with van der Waals surface area (Å²) in [5, 5.41) is 19.4. The monoisotopic (exact) mass is 431 g/mol. The molecule has 5 rings (SSSR count). The summed E-state index contributed by atoms with van der Waals surface area (Å²) in [5.74, 6) is 3.23. The molecule has 2 saturated carbocycles. The molecule has 0 aliphatic heterocycles. The Hall–Kier alpha value is -3.64. The first-order valence-corrected chi connectivity index (χ1v) is 10.9. The summed E-state index contributed by atoms with van der Waals surface area (Å²) in [6, 6.07) is 9.91. The van der Waals surface area contributed by atoms with Crippen molar-refractivity contribution < 1.29 is 9.47 Å². The number of H-pyrrole nitrogens is 1. The first-order chi connectivity index (χ1) is 15.7. The summed E-state index contributed by atoms with van der Waals surface area (Å²) in [6.45, 7) is 0.699. The molecule has 2 fully saturated rings. The van der Waals surface area contributed by atoms with Crippen LogP contribution in [-0.2, 0) is 0 Å². The standard InChI is InChI=1S/C23H25N7O2/c24-10-16-11-27-22(12-26-16)28-21-9-18(29-30-21)23-19(31-13-14-4-5-14)2-1-3-20(23)32-17-7-6-15(25)8-17/h1-3,9,11-12,14-15,17H,4-8,13,25H2,(H2,27,28,29,30)/t15-,17+/m0/s1. The van der Waals surface area contributed by atoms with Crippen LogP contribution in [0.4, 0.5) is 11.6 Å². The normalized spacial score (nSPS) is 20.0. The Bertz CT molecular complexity index is 1120. The molecular formula is C23H25N7O2. The molecule has 0 radical (unpaired) electrons. The van der Waals surface area contributed by atoms with Gasteiger partial charge in [0.15, 0.2) is 11.5 Å². The molecule has 2 aromatic heterocycles. The van der Waals surface area contributed by atoms with Crippen LogP contribution < -0.4 is 20.5 Å². The third kappa shape index (κ3) is 4.65. The third-order valence-electron chi connectivity index (χ3n) is 5.75. The molecule has 2 heterocycles. The highest BCUT2D eigenvalue weighted by atomic mass is 16.5. The largest absolute Gasteiger partial charge is 0.492 e. The maximum absolute atomic E-state index is 8.88. The smallest absolute Gasteiger partial charge is 0.158 e. The van der Waals surface area contributed by atoms with Crippen LogP contribution in [0.1, 0.15) is 37.8 Å². The molecule has 2 aliphatic rings. The van der Waals surface area contributed by atoms with E-state index in [0.717, 1.165) is 42.0 Å². The number of aromatic amines is 1. The summed E-state index contributed by atoms with van der Waals surface area (Å²) in [6.07, 6.45) is 8.20. The van der Waals surface area contributed by atoms with Gasteiger partial charge >= 0.3 is 0 Å². The number of rotatable bonds is 8. The predicted molar refractivity (Wildman–Crippen MR) is 119 cm³/mol. The lowest BCUT2D eigenvalue weighted by atomic mass is 10.1. The number of nitrogens with zero attached hydrogens (tertiary/aromatic N) is 4. The second-order valence-corrected chi connectivity index (χ2v) is 8.39. The average molecular weight is 432 g/mol. The summed E-state index contributed by atoms with van der Waals surface area (Å²) in [4.78, 5) is 8.20. The van der Waals surface area contributed by atoms with E-state index in [0.29, 0.717) is 24.2 Å². The van der Waals surface area contributed by atoms with Gasteiger partial charge in [0.05, 0.1) is 30.3 Å². The van der Waals surface area contributed by atoms with Gasteiger partial charge in [-0.15, -0.1) is 0 Å². The van der Waals surface area contributed by atoms with Gasteiger partial charge in [0.1, 0.15) is 29.5 Å². The van der Waals surface area contributed by atoms with Crippen LogP contribution in [0.2, 0.25) is 0 Å². The fraction of sp³-hybridized carbons (Fsp3) is 0.391. The molecular weight excluding hydrogens is 406 g/mol. The van der Waals surface area contributed by atoms with Crippen molar-refractivity contribution in [3.05, 3.63) is 42.4 Å². The van der Waals surface area contributed by atoms with Crippen LogP contribution in [0.15, 0.2) is 36.7 Å². The van der Waals surface area contributed by atoms with E-state index in [1.54, 1.807) is 0 Å². The first kappa shape index (κ1) is 20.3. The van der Waals surface area contributed by atoms with Crippen molar-refractivity contribution in [3.63, 3.8) is 0 Å². The highest BCUT2D eigenvalue weighted by Gasteiger charge is 2.27. The number of hydrogen-bond donors (Lipinski definition) is 3. The Morgan fingerprint density at radius 3 is 2.72 bits per heavy atom. The zero-order chi connectivity index (χ0) is 21.9. The fourth-order valence-electron chi connectivity index (χ4n) is 3.84. The maximum atomic E-state index is 8.88. The summed E-state index contributed by atoms with van der Waals surface area (Å²) in [7, 11) is 0. The van der Waals surface area contributed by atoms with E-state index in [4.69, 9.17) is 20.5 Å². The number of nitrogens with one attached hydrogen (secondary N) is 2. The van der Waals surface area contributed by atoms with Gasteiger partial charge in [0.2, 0.25) is 0 Å². The van der Waals surface area contributed by atoms with Crippen LogP contribution in [0.5, 0.6) is 11.5 Å². The van der Waals surface area contributed by atoms with Crippen molar-refractivity contribution >= 4 is 11.6 Å². The van der Waals surface area contributed by atoms with Gasteiger partial charge in [0.25, 0.3) is 0 Å². The average Bonchev–Trinajstić information content (AvgIpc) is 3.38. The highest BCUT2D eigenvalue weighted by Crippen LogP contribution is 2.41. The lowest BCUT2D eigenvalue weighted by Gasteiger charge is -2.19. The molecule has 0 spiro atoms. The predicted octanol–water partition coefficient (Wildman–Crippen LogP) is 3.53. The molecule has 0 bridgehead atoms. The number of nitriles is 1. The van der Waals surface area contributed by atoms with Crippen molar-refractivity contribution in [1.29, 1.82) is 5.26 Å². The second kappa shape index (κ2) is 8.85. The molecule has 164 valence electrons. The Morgan fingerprint density at radius 1 is 1.12 bits per heavy atom. The maximum Gasteiger partial charge on any atom is 0.158 e. The first-order valence-electron chi connectivity index (χ1n) is 10.9. The van der Waals surface area contributed by atoms with Gasteiger partial charge in [-0.25, -0.2) is 9.97 Å². The number of nitrogens with two attached hydrogens (primary N) is 1. The molecule has 2 atom stereocenters. The number of anilines is 2. The lowest BCUT2D eigenvalue weighted by molar-refractivity contribution is 0.207. The van der Waals surface area contributed by atoms with Gasteiger partial charge in [0, 0.05) is 12.1 Å². The van der Waals surface area contributed by atoms with Crippen LogP contribution in [0.3, 0.4) is 0 Å². The highest BCUT2D eigenvalue weighted by molar-refractivity contribution is 5.76. The molecule has 1 aromatic carbocycles. The summed E-state index contributed by atoms with van der Waals surface area (Å²) >= 11 is 0. The summed E-state index contributed by atoms with van der Waals surface area (Å²) in [5.41, 5.74) is 7.96. The van der Waals surface area contributed by atoms with E-state index < -0.39 is 0 Å². The van der Waals surface area contributed by atoms with E-state index in [-0.39, 0.29) is 17.8 Å². The Balaban J connectivity index is 1.41. The third-order valence-corrected chi connectivity index (χ3v) is 5.75. The lowest BCUT2D eigenvalue weighted by Crippen LogP contribution is -2.19. The van der Waals surface area contributed by atoms with Crippen molar-refractivity contribution in [2.24, 2.45) is 11.7 Å². The summed E-state index contributed by atoms with van der Waals surface area (Å²) < 4.78 is 12.5. The van der Waals surface area contributed by atoms with E-state index in [1.807, 2.05) is 30.3 Å². The van der Waals surface area contributed by atoms with Crippen LogP contribution in [-0.4, -0.2) is 38.9 Å². The van der Waals surface area contributed by atoms with Crippen molar-refractivity contribution in [2.45, 2.75) is 44.2 Å². The zero-order valence-corrected chi connectivity index (χ0v) is 17.6. The zero-order valence-electron chi connectivity index (χ0n) is 17.6. The molecule has 3 aromatic rings. The topological polar surface area (TPSA) is 135 Å². The minimum Gasteiger partial charge on any atom is -0.492 e. The SMILES string of the molecule is N#Cc1cnc(Nc2cc(-c3c(OCC4CC4)cccc3O[C@@H]3CC[C@H](N)C3)[nH]n2)cn1. The number of benzene rings is 1. The van der Waals surface area contributed by atoms with Gasteiger partial charge in [-0.05, 0) is 50.2 Å². The molecule has 9 heteroatoms. The Kier molecular flexibility index (Phi) is 5.60. The van der Waals surface area contributed by atoms with E-state index in [1.165, 1.54) is 25.2 Å². The molecule has 0 unspecified atom stereocenters. The molecule has 0 amide bonds. The van der Waals surface area contributed by atoms with E-state index >= 15 is 0 Å². The van der Waals surface area contributed by atoms with Crippen molar-refractivity contribution in [1.82, 2.24) is 20.2 Å². The molecule has 4 N–H and O–H groups in total. The quantitative estimate of drug-likeness (QED) is 0.493.